The molecule has 0 saturated heterocycles. The van der Waals surface area contributed by atoms with Crippen LogP contribution in [0.25, 0.3) is 0 Å². The van der Waals surface area contributed by atoms with E-state index < -0.39 is 11.4 Å². The van der Waals surface area contributed by atoms with Gasteiger partial charge in [-0.05, 0) is 26.2 Å². The minimum Gasteiger partial charge on any atom is -0.480 e. The van der Waals surface area contributed by atoms with Crippen LogP contribution in [0.3, 0.4) is 0 Å². The quantitative estimate of drug-likeness (QED) is 0.688. The molecule has 0 aromatic carbocycles. The number of aliphatic carboxylic acids is 1. The predicted molar refractivity (Wildman–Crippen MR) is 48.8 cm³/mol. The van der Waals surface area contributed by atoms with E-state index in [1.807, 2.05) is 0 Å². The molecule has 1 aliphatic carbocycles. The van der Waals surface area contributed by atoms with Gasteiger partial charge in [0, 0.05) is 12.8 Å². The molecule has 0 radical (unpaired) electrons. The van der Waals surface area contributed by atoms with E-state index >= 15 is 0 Å². The van der Waals surface area contributed by atoms with Crippen molar-refractivity contribution in [3.05, 3.63) is 0 Å². The Bertz CT molecular complexity index is 282. The summed E-state index contributed by atoms with van der Waals surface area (Å²) in [5, 5.41) is 9.01. The molecule has 1 rings (SSSR count). The molecule has 14 heavy (non-hydrogen) atoms. The first kappa shape index (κ1) is 10.9. The third-order valence-electron chi connectivity index (χ3n) is 2.85. The summed E-state index contributed by atoms with van der Waals surface area (Å²) in [6.07, 6.45) is 1.69. The molecule has 1 unspecified atom stereocenters. The highest BCUT2D eigenvalue weighted by Gasteiger charge is 2.48. The number of Topliss-reactive ketones (excluding diaryl/α,β-unsaturated/α-hetero) is 2. The van der Waals surface area contributed by atoms with Crippen molar-refractivity contribution < 1.29 is 19.5 Å². The summed E-state index contributed by atoms with van der Waals surface area (Å²) < 4.78 is 0. The molecule has 0 aromatic rings. The van der Waals surface area contributed by atoms with Crippen LogP contribution in [0.2, 0.25) is 0 Å². The molecule has 1 N–H and O–H groups in total. The van der Waals surface area contributed by atoms with Gasteiger partial charge in [-0.3, -0.25) is 9.59 Å². The van der Waals surface area contributed by atoms with Gasteiger partial charge < -0.3 is 9.90 Å². The van der Waals surface area contributed by atoms with E-state index in [2.05, 4.69) is 0 Å². The summed E-state index contributed by atoms with van der Waals surface area (Å²) in [6, 6.07) is 0. The van der Waals surface area contributed by atoms with Crippen LogP contribution in [0.4, 0.5) is 0 Å². The molecule has 0 aromatic heterocycles. The monoisotopic (exact) mass is 198 g/mol. The Morgan fingerprint density at radius 2 is 2.14 bits per heavy atom. The fourth-order valence-electron chi connectivity index (χ4n) is 1.92. The summed E-state index contributed by atoms with van der Waals surface area (Å²) >= 11 is 0. The molecule has 0 amide bonds. The Hall–Kier alpha value is -1.19. The van der Waals surface area contributed by atoms with E-state index in [1.54, 1.807) is 0 Å². The first-order valence-electron chi connectivity index (χ1n) is 4.75. The SMILES string of the molecule is CC(=O)CCC1(C(=O)O)CCCC1=O. The summed E-state index contributed by atoms with van der Waals surface area (Å²) in [5.74, 6) is -1.35. The molecule has 1 aliphatic rings. The second kappa shape index (κ2) is 3.90. The van der Waals surface area contributed by atoms with Crippen molar-refractivity contribution >= 4 is 17.5 Å². The van der Waals surface area contributed by atoms with E-state index in [1.165, 1.54) is 6.92 Å². The third kappa shape index (κ3) is 1.84. The van der Waals surface area contributed by atoms with Gasteiger partial charge >= 0.3 is 5.97 Å². The number of rotatable bonds is 4. The van der Waals surface area contributed by atoms with Crippen LogP contribution in [-0.2, 0) is 14.4 Å². The average Bonchev–Trinajstić information content (AvgIpc) is 2.44. The molecular weight excluding hydrogens is 184 g/mol. The van der Waals surface area contributed by atoms with Crippen molar-refractivity contribution in [2.75, 3.05) is 0 Å². The number of hydrogen-bond acceptors (Lipinski definition) is 3. The van der Waals surface area contributed by atoms with Gasteiger partial charge in [-0.1, -0.05) is 0 Å². The zero-order valence-electron chi connectivity index (χ0n) is 8.21. The van der Waals surface area contributed by atoms with Gasteiger partial charge in [-0.2, -0.15) is 0 Å². The van der Waals surface area contributed by atoms with Gasteiger partial charge in [0.15, 0.2) is 0 Å². The number of hydrogen-bond donors (Lipinski definition) is 1. The average molecular weight is 198 g/mol. The highest BCUT2D eigenvalue weighted by atomic mass is 16.4. The second-order valence-electron chi connectivity index (χ2n) is 3.87. The standard InChI is InChI=1S/C10H14O4/c1-7(11)4-6-10(9(13)14)5-2-3-8(10)12/h2-6H2,1H3,(H,13,14). The molecule has 0 heterocycles. The number of carbonyl (C=O) groups is 3. The van der Waals surface area contributed by atoms with E-state index in [9.17, 15) is 14.4 Å². The van der Waals surface area contributed by atoms with Crippen LogP contribution in [0.15, 0.2) is 0 Å². The van der Waals surface area contributed by atoms with Crippen LogP contribution < -0.4 is 0 Å². The maximum atomic E-state index is 11.5. The minimum atomic E-state index is -1.26. The first-order valence-corrected chi connectivity index (χ1v) is 4.75. The molecule has 4 heteroatoms. The molecule has 0 spiro atoms. The maximum absolute atomic E-state index is 11.5. The highest BCUT2D eigenvalue weighted by Crippen LogP contribution is 2.39. The van der Waals surface area contributed by atoms with E-state index in [4.69, 9.17) is 5.11 Å². The summed E-state index contributed by atoms with van der Waals surface area (Å²) in [5.41, 5.74) is -1.26. The molecule has 4 nitrogen and oxygen atoms in total. The van der Waals surface area contributed by atoms with Crippen molar-refractivity contribution in [2.45, 2.75) is 39.0 Å². The maximum Gasteiger partial charge on any atom is 0.317 e. The van der Waals surface area contributed by atoms with Gasteiger partial charge in [0.25, 0.3) is 0 Å². The lowest BCUT2D eigenvalue weighted by molar-refractivity contribution is -0.153. The molecule has 0 aliphatic heterocycles. The number of carboxylic acids is 1. The number of carboxylic acid groups (broad SMARTS) is 1. The number of ketones is 2. The normalized spacial score (nSPS) is 26.5. The van der Waals surface area contributed by atoms with Crippen LogP contribution in [-0.4, -0.2) is 22.6 Å². The molecule has 0 bridgehead atoms. The molecule has 78 valence electrons. The van der Waals surface area contributed by atoms with Crippen molar-refractivity contribution in [3.8, 4) is 0 Å². The first-order chi connectivity index (χ1) is 6.49. The topological polar surface area (TPSA) is 71.4 Å². The van der Waals surface area contributed by atoms with Crippen LogP contribution in [0.5, 0.6) is 0 Å². The van der Waals surface area contributed by atoms with Crippen molar-refractivity contribution in [2.24, 2.45) is 5.41 Å². The van der Waals surface area contributed by atoms with Crippen molar-refractivity contribution in [3.63, 3.8) is 0 Å². The lowest BCUT2D eigenvalue weighted by atomic mass is 9.80. The smallest absolute Gasteiger partial charge is 0.317 e. The molecular formula is C10H14O4. The second-order valence-corrected chi connectivity index (χ2v) is 3.87. The van der Waals surface area contributed by atoms with Gasteiger partial charge in [0.1, 0.15) is 17.0 Å². The van der Waals surface area contributed by atoms with Gasteiger partial charge in [0.05, 0.1) is 0 Å². The van der Waals surface area contributed by atoms with E-state index in [0.717, 1.165) is 0 Å². The summed E-state index contributed by atoms with van der Waals surface area (Å²) in [4.78, 5) is 33.2. The van der Waals surface area contributed by atoms with E-state index in [-0.39, 0.29) is 24.4 Å². The van der Waals surface area contributed by atoms with E-state index in [0.29, 0.717) is 19.3 Å². The van der Waals surface area contributed by atoms with Crippen molar-refractivity contribution in [1.82, 2.24) is 0 Å². The number of carbonyl (C=O) groups excluding carboxylic acids is 2. The zero-order valence-corrected chi connectivity index (χ0v) is 8.21. The fourth-order valence-corrected chi connectivity index (χ4v) is 1.92. The lowest BCUT2D eigenvalue weighted by Gasteiger charge is -2.21. The van der Waals surface area contributed by atoms with Crippen LogP contribution in [0.1, 0.15) is 39.0 Å². The summed E-state index contributed by atoms with van der Waals surface area (Å²) in [7, 11) is 0. The summed E-state index contributed by atoms with van der Waals surface area (Å²) in [6.45, 7) is 1.41. The Labute approximate surface area is 82.3 Å². The third-order valence-corrected chi connectivity index (χ3v) is 2.85. The zero-order chi connectivity index (χ0) is 10.8. The van der Waals surface area contributed by atoms with Gasteiger partial charge in [0.2, 0.25) is 0 Å². The Morgan fingerprint density at radius 3 is 2.50 bits per heavy atom. The fraction of sp³-hybridized carbons (Fsp3) is 0.700. The molecule has 1 fully saturated rings. The van der Waals surface area contributed by atoms with Crippen molar-refractivity contribution in [1.29, 1.82) is 0 Å². The minimum absolute atomic E-state index is 0.0645. The Kier molecular flexibility index (Phi) is 3.03. The van der Waals surface area contributed by atoms with Gasteiger partial charge in [-0.15, -0.1) is 0 Å². The lowest BCUT2D eigenvalue weighted by Crippen LogP contribution is -2.35. The molecule has 1 saturated carbocycles. The Morgan fingerprint density at radius 1 is 1.50 bits per heavy atom. The largest absolute Gasteiger partial charge is 0.480 e. The predicted octanol–water partition coefficient (Wildman–Crippen LogP) is 1.18. The molecule has 1 atom stereocenters. The van der Waals surface area contributed by atoms with Gasteiger partial charge in [-0.25, -0.2) is 0 Å². The van der Waals surface area contributed by atoms with Crippen LogP contribution in [0, 0.1) is 5.41 Å². The highest BCUT2D eigenvalue weighted by molar-refractivity contribution is 6.04. The Balaban J connectivity index is 2.77. The van der Waals surface area contributed by atoms with Crippen LogP contribution >= 0.6 is 0 Å².